The van der Waals surface area contributed by atoms with Crippen molar-refractivity contribution in [1.29, 1.82) is 0 Å². The molecule has 1 saturated carbocycles. The molecule has 4 heteroatoms. The Morgan fingerprint density at radius 2 is 2.32 bits per heavy atom. The molecule has 19 heavy (non-hydrogen) atoms. The molecule has 2 heterocycles. The number of thiophene rings is 1. The Bertz CT molecular complexity index is 458. The number of rotatable bonds is 6. The van der Waals surface area contributed by atoms with Crippen LogP contribution in [0.1, 0.15) is 42.3 Å². The maximum absolute atomic E-state index is 4.07. The molecule has 2 aromatic rings. The van der Waals surface area contributed by atoms with Gasteiger partial charge in [0.05, 0.1) is 6.33 Å². The molecule has 102 valence electrons. The molecule has 2 N–H and O–H groups in total. The predicted molar refractivity (Wildman–Crippen MR) is 79.3 cm³/mol. The van der Waals surface area contributed by atoms with Crippen molar-refractivity contribution in [2.24, 2.45) is 5.92 Å². The fraction of sp³-hybridized carbons (Fsp3) is 0.533. The normalized spacial score (nSPS) is 17.9. The molecule has 1 atom stereocenters. The molecule has 0 bridgehead atoms. The summed E-state index contributed by atoms with van der Waals surface area (Å²) in [5.41, 5.74) is 1.21. The van der Waals surface area contributed by atoms with Gasteiger partial charge in [-0.05, 0) is 30.2 Å². The van der Waals surface area contributed by atoms with Gasteiger partial charge < -0.3 is 10.3 Å². The van der Waals surface area contributed by atoms with Gasteiger partial charge in [0, 0.05) is 35.8 Å². The Hall–Kier alpha value is -1.13. The van der Waals surface area contributed by atoms with Crippen molar-refractivity contribution < 1.29 is 0 Å². The van der Waals surface area contributed by atoms with Gasteiger partial charge in [0.1, 0.15) is 0 Å². The van der Waals surface area contributed by atoms with E-state index in [9.17, 15) is 0 Å². The van der Waals surface area contributed by atoms with Crippen LogP contribution in [0.3, 0.4) is 0 Å². The number of imidazole rings is 1. The van der Waals surface area contributed by atoms with Gasteiger partial charge in [-0.25, -0.2) is 4.98 Å². The summed E-state index contributed by atoms with van der Waals surface area (Å²) < 4.78 is 0. The SMILES string of the molecule is c1csc(C(NCCc2cnc[nH]2)C2CCCC2)c1. The van der Waals surface area contributed by atoms with Crippen LogP contribution in [-0.4, -0.2) is 16.5 Å². The molecule has 0 saturated heterocycles. The molecular weight excluding hydrogens is 254 g/mol. The molecule has 1 aliphatic carbocycles. The van der Waals surface area contributed by atoms with Gasteiger partial charge in [0.25, 0.3) is 0 Å². The minimum atomic E-state index is 0.547. The monoisotopic (exact) mass is 275 g/mol. The highest BCUT2D eigenvalue weighted by Gasteiger charge is 2.26. The van der Waals surface area contributed by atoms with E-state index in [1.54, 1.807) is 6.33 Å². The van der Waals surface area contributed by atoms with Crippen molar-refractivity contribution in [2.75, 3.05) is 6.54 Å². The highest BCUT2D eigenvalue weighted by Crippen LogP contribution is 2.37. The molecule has 0 spiro atoms. The molecule has 1 fully saturated rings. The number of aromatic amines is 1. The maximum Gasteiger partial charge on any atom is 0.0921 e. The Morgan fingerprint density at radius 3 is 3.00 bits per heavy atom. The topological polar surface area (TPSA) is 40.7 Å². The largest absolute Gasteiger partial charge is 0.348 e. The van der Waals surface area contributed by atoms with E-state index in [1.165, 1.54) is 36.3 Å². The number of hydrogen-bond acceptors (Lipinski definition) is 3. The Balaban J connectivity index is 1.59. The van der Waals surface area contributed by atoms with Gasteiger partial charge in [-0.3, -0.25) is 0 Å². The Kier molecular flexibility index (Phi) is 4.30. The first-order valence-electron chi connectivity index (χ1n) is 7.17. The second-order valence-electron chi connectivity index (χ2n) is 5.32. The number of aromatic nitrogens is 2. The fourth-order valence-corrected chi connectivity index (χ4v) is 3.94. The molecule has 0 aliphatic heterocycles. The summed E-state index contributed by atoms with van der Waals surface area (Å²) in [5.74, 6) is 0.820. The highest BCUT2D eigenvalue weighted by molar-refractivity contribution is 7.10. The number of H-pyrrole nitrogens is 1. The van der Waals surface area contributed by atoms with E-state index in [2.05, 4.69) is 32.8 Å². The van der Waals surface area contributed by atoms with Gasteiger partial charge in [-0.1, -0.05) is 18.9 Å². The van der Waals surface area contributed by atoms with Crippen LogP contribution < -0.4 is 5.32 Å². The quantitative estimate of drug-likeness (QED) is 0.846. The third kappa shape index (κ3) is 3.25. The van der Waals surface area contributed by atoms with E-state index in [1.807, 2.05) is 17.5 Å². The first-order valence-corrected chi connectivity index (χ1v) is 8.05. The lowest BCUT2D eigenvalue weighted by molar-refractivity contribution is 0.374. The van der Waals surface area contributed by atoms with Crippen molar-refractivity contribution in [3.05, 3.63) is 40.6 Å². The zero-order valence-electron chi connectivity index (χ0n) is 11.1. The molecular formula is C15H21N3S. The van der Waals surface area contributed by atoms with Crippen molar-refractivity contribution in [2.45, 2.75) is 38.1 Å². The first kappa shape index (κ1) is 12.9. The highest BCUT2D eigenvalue weighted by atomic mass is 32.1. The van der Waals surface area contributed by atoms with Crippen LogP contribution >= 0.6 is 11.3 Å². The lowest BCUT2D eigenvalue weighted by Gasteiger charge is -2.23. The zero-order chi connectivity index (χ0) is 12.9. The summed E-state index contributed by atoms with van der Waals surface area (Å²) in [6, 6.07) is 4.99. The van der Waals surface area contributed by atoms with E-state index in [-0.39, 0.29) is 0 Å². The van der Waals surface area contributed by atoms with Gasteiger partial charge in [0.2, 0.25) is 0 Å². The second-order valence-corrected chi connectivity index (χ2v) is 6.30. The van der Waals surface area contributed by atoms with E-state index in [0.29, 0.717) is 6.04 Å². The summed E-state index contributed by atoms with van der Waals surface area (Å²) in [4.78, 5) is 8.73. The number of nitrogens with zero attached hydrogens (tertiary/aromatic N) is 1. The Labute approximate surface area is 118 Å². The van der Waals surface area contributed by atoms with Crippen LogP contribution in [0.2, 0.25) is 0 Å². The van der Waals surface area contributed by atoms with Crippen LogP contribution in [-0.2, 0) is 6.42 Å². The third-order valence-corrected chi connectivity index (χ3v) is 4.99. The van der Waals surface area contributed by atoms with E-state index in [4.69, 9.17) is 0 Å². The van der Waals surface area contributed by atoms with Crippen molar-refractivity contribution in [3.8, 4) is 0 Å². The van der Waals surface area contributed by atoms with Gasteiger partial charge in [0.15, 0.2) is 0 Å². The van der Waals surface area contributed by atoms with Crippen LogP contribution in [0.5, 0.6) is 0 Å². The van der Waals surface area contributed by atoms with E-state index >= 15 is 0 Å². The molecule has 3 rings (SSSR count). The van der Waals surface area contributed by atoms with Crippen molar-refractivity contribution in [1.82, 2.24) is 15.3 Å². The summed E-state index contributed by atoms with van der Waals surface area (Å²) in [7, 11) is 0. The van der Waals surface area contributed by atoms with Crippen molar-refractivity contribution >= 4 is 11.3 Å². The van der Waals surface area contributed by atoms with Crippen LogP contribution in [0, 0.1) is 5.92 Å². The predicted octanol–water partition coefficient (Wildman–Crippen LogP) is 3.53. The lowest BCUT2D eigenvalue weighted by Crippen LogP contribution is -2.28. The Morgan fingerprint density at radius 1 is 1.42 bits per heavy atom. The molecule has 0 aromatic carbocycles. The molecule has 1 unspecified atom stereocenters. The minimum absolute atomic E-state index is 0.547. The average Bonchev–Trinajstić information content (AvgIpc) is 3.15. The van der Waals surface area contributed by atoms with E-state index in [0.717, 1.165) is 18.9 Å². The smallest absolute Gasteiger partial charge is 0.0921 e. The summed E-state index contributed by atoms with van der Waals surface area (Å²) in [5, 5.41) is 5.95. The second kappa shape index (κ2) is 6.35. The number of hydrogen-bond donors (Lipinski definition) is 2. The third-order valence-electron chi connectivity index (χ3n) is 4.03. The van der Waals surface area contributed by atoms with Crippen LogP contribution in [0.25, 0.3) is 0 Å². The fourth-order valence-electron chi connectivity index (χ4n) is 3.04. The summed E-state index contributed by atoms with van der Waals surface area (Å²) in [6.45, 7) is 1.02. The molecule has 3 nitrogen and oxygen atoms in total. The minimum Gasteiger partial charge on any atom is -0.348 e. The lowest BCUT2D eigenvalue weighted by atomic mass is 9.96. The van der Waals surface area contributed by atoms with Crippen LogP contribution in [0.4, 0.5) is 0 Å². The molecule has 0 radical (unpaired) electrons. The maximum atomic E-state index is 4.07. The molecule has 0 amide bonds. The van der Waals surface area contributed by atoms with Crippen molar-refractivity contribution in [3.63, 3.8) is 0 Å². The van der Waals surface area contributed by atoms with Gasteiger partial charge in [-0.2, -0.15) is 0 Å². The average molecular weight is 275 g/mol. The zero-order valence-corrected chi connectivity index (χ0v) is 12.0. The van der Waals surface area contributed by atoms with Crippen LogP contribution in [0.15, 0.2) is 30.0 Å². The molecule has 2 aromatic heterocycles. The van der Waals surface area contributed by atoms with Gasteiger partial charge in [-0.15, -0.1) is 11.3 Å². The molecule has 1 aliphatic rings. The first-order chi connectivity index (χ1) is 9.43. The summed E-state index contributed by atoms with van der Waals surface area (Å²) >= 11 is 1.88. The van der Waals surface area contributed by atoms with E-state index < -0.39 is 0 Å². The standard InChI is InChI=1S/C15H21N3S/c1-2-5-12(4-1)15(14-6-3-9-19-14)17-8-7-13-10-16-11-18-13/h3,6,9-12,15,17H,1-2,4-5,7-8H2,(H,16,18). The summed E-state index contributed by atoms with van der Waals surface area (Å²) in [6.07, 6.45) is 10.2. The number of nitrogens with one attached hydrogen (secondary N) is 2. The van der Waals surface area contributed by atoms with Gasteiger partial charge >= 0.3 is 0 Å².